The van der Waals surface area contributed by atoms with E-state index in [2.05, 4.69) is 0 Å². The number of Topliss-reactive ketones (excluding diaryl/α,β-unsaturated/α-hetero) is 1. The van der Waals surface area contributed by atoms with Gasteiger partial charge in [-0.25, -0.2) is 4.39 Å². The summed E-state index contributed by atoms with van der Waals surface area (Å²) in [6.07, 6.45) is 3.09. The molecule has 0 aliphatic heterocycles. The number of fused-ring (bicyclic) bond motifs is 2. The van der Waals surface area contributed by atoms with E-state index < -0.39 is 11.8 Å². The summed E-state index contributed by atoms with van der Waals surface area (Å²) >= 11 is 5.89. The Labute approximate surface area is 174 Å². The molecule has 3 nitrogen and oxygen atoms in total. The second kappa shape index (κ2) is 7.75. The number of esters is 1. The van der Waals surface area contributed by atoms with Crippen LogP contribution in [0.5, 0.6) is 0 Å². The quantitative estimate of drug-likeness (QED) is 0.580. The van der Waals surface area contributed by atoms with E-state index in [1.54, 1.807) is 12.1 Å². The van der Waals surface area contributed by atoms with Gasteiger partial charge in [-0.2, -0.15) is 0 Å². The molecule has 0 saturated heterocycles. The first-order chi connectivity index (χ1) is 13.9. The van der Waals surface area contributed by atoms with Crippen LogP contribution in [-0.2, 0) is 20.7 Å². The number of halogens is 2. The zero-order valence-corrected chi connectivity index (χ0v) is 17.2. The van der Waals surface area contributed by atoms with Gasteiger partial charge in [-0.1, -0.05) is 30.7 Å². The fraction of sp³-hybridized carbons (Fsp3) is 0.333. The van der Waals surface area contributed by atoms with Crippen molar-refractivity contribution in [3.05, 3.63) is 64.1 Å². The average Bonchev–Trinajstić information content (AvgIpc) is 3.12. The van der Waals surface area contributed by atoms with Gasteiger partial charge in [-0.15, -0.1) is 0 Å². The van der Waals surface area contributed by atoms with Crippen molar-refractivity contribution in [1.29, 1.82) is 0 Å². The smallest absolute Gasteiger partial charge is 0.307 e. The number of hydrogen-bond donors (Lipinski definition) is 0. The average molecular weight is 413 g/mol. The Morgan fingerprint density at radius 3 is 2.59 bits per heavy atom. The predicted molar refractivity (Wildman–Crippen MR) is 111 cm³/mol. The van der Waals surface area contributed by atoms with Crippen molar-refractivity contribution in [3.8, 4) is 11.1 Å². The maximum absolute atomic E-state index is 14.5. The van der Waals surface area contributed by atoms with Crippen LogP contribution >= 0.6 is 11.6 Å². The normalized spacial score (nSPS) is 20.9. The van der Waals surface area contributed by atoms with E-state index in [-0.39, 0.29) is 17.6 Å². The topological polar surface area (TPSA) is 43.4 Å². The first-order valence-electron chi connectivity index (χ1n) is 9.94. The molecule has 0 heterocycles. The predicted octanol–water partition coefficient (Wildman–Crippen LogP) is 5.98. The summed E-state index contributed by atoms with van der Waals surface area (Å²) in [6, 6.07) is 10.2. The third kappa shape index (κ3) is 3.62. The number of rotatable bonds is 4. The lowest BCUT2D eigenvalue weighted by atomic mass is 9.81. The SMILES string of the molecule is CCc1ccc(-c2ccc(Cl)cc2F)cc1C1=C(OC(C)=O)C2CCC(C2)C1=O. The maximum Gasteiger partial charge on any atom is 0.307 e. The minimum atomic E-state index is -0.423. The lowest BCUT2D eigenvalue weighted by molar-refractivity contribution is -0.137. The summed E-state index contributed by atoms with van der Waals surface area (Å²) in [5, 5.41) is 0.329. The Kier molecular flexibility index (Phi) is 5.30. The molecule has 0 radical (unpaired) electrons. The van der Waals surface area contributed by atoms with Crippen LogP contribution in [0.1, 0.15) is 44.2 Å². The van der Waals surface area contributed by atoms with E-state index in [0.717, 1.165) is 30.4 Å². The molecular formula is C24H22ClFO3. The number of carbonyl (C=O) groups is 2. The van der Waals surface area contributed by atoms with Crippen LogP contribution in [0.3, 0.4) is 0 Å². The number of aryl methyl sites for hydroxylation is 1. The molecule has 0 spiro atoms. The van der Waals surface area contributed by atoms with Gasteiger partial charge < -0.3 is 4.74 Å². The van der Waals surface area contributed by atoms with Crippen LogP contribution in [0.4, 0.5) is 4.39 Å². The Balaban J connectivity index is 1.92. The first-order valence-corrected chi connectivity index (χ1v) is 10.3. The standard InChI is InChI=1S/C24H22ClFO3/c1-3-14-4-5-15(19-9-8-18(25)12-21(19)26)11-20(14)22-23(28)16-6-7-17(10-16)24(22)29-13(2)27/h4-5,8-9,11-12,16-17H,3,6-7,10H2,1-2H3. The van der Waals surface area contributed by atoms with Gasteiger partial charge in [0.25, 0.3) is 0 Å². The van der Waals surface area contributed by atoms with Crippen molar-refractivity contribution in [2.45, 2.75) is 39.5 Å². The van der Waals surface area contributed by atoms with Gasteiger partial charge in [-0.05, 0) is 66.6 Å². The van der Waals surface area contributed by atoms with E-state index in [1.807, 2.05) is 25.1 Å². The third-order valence-corrected chi connectivity index (χ3v) is 6.16. The monoisotopic (exact) mass is 412 g/mol. The Hall–Kier alpha value is -2.46. The van der Waals surface area contributed by atoms with Gasteiger partial charge in [0.2, 0.25) is 0 Å². The fourth-order valence-corrected chi connectivity index (χ4v) is 4.71. The molecule has 2 atom stereocenters. The Morgan fingerprint density at radius 2 is 1.90 bits per heavy atom. The van der Waals surface area contributed by atoms with Gasteiger partial charge in [0.05, 0.1) is 5.57 Å². The highest BCUT2D eigenvalue weighted by Crippen LogP contribution is 2.47. The Bertz CT molecular complexity index is 1040. The van der Waals surface area contributed by atoms with E-state index in [9.17, 15) is 14.0 Å². The van der Waals surface area contributed by atoms with E-state index in [1.165, 1.54) is 13.0 Å². The van der Waals surface area contributed by atoms with Crippen LogP contribution < -0.4 is 0 Å². The van der Waals surface area contributed by atoms with Gasteiger partial charge >= 0.3 is 5.97 Å². The summed E-state index contributed by atoms with van der Waals surface area (Å²) in [7, 11) is 0. The van der Waals surface area contributed by atoms with Gasteiger partial charge in [-0.3, -0.25) is 9.59 Å². The summed E-state index contributed by atoms with van der Waals surface area (Å²) in [5.41, 5.74) is 3.27. The molecule has 2 bridgehead atoms. The summed E-state index contributed by atoms with van der Waals surface area (Å²) in [6.45, 7) is 3.37. The molecule has 0 amide bonds. The Morgan fingerprint density at radius 1 is 1.14 bits per heavy atom. The molecule has 29 heavy (non-hydrogen) atoms. The van der Waals surface area contributed by atoms with Crippen LogP contribution in [0.15, 0.2) is 42.2 Å². The molecule has 150 valence electrons. The molecule has 5 heteroatoms. The van der Waals surface area contributed by atoms with Crippen molar-refractivity contribution in [2.75, 3.05) is 0 Å². The van der Waals surface area contributed by atoms with Crippen molar-refractivity contribution < 1.29 is 18.7 Å². The summed E-state index contributed by atoms with van der Waals surface area (Å²) < 4.78 is 20.1. The maximum atomic E-state index is 14.5. The number of carbonyl (C=O) groups excluding carboxylic acids is 2. The molecule has 2 aliphatic rings. The van der Waals surface area contributed by atoms with E-state index >= 15 is 0 Å². The molecule has 4 rings (SSSR count). The van der Waals surface area contributed by atoms with Crippen LogP contribution in [0, 0.1) is 17.7 Å². The minimum absolute atomic E-state index is 0.0263. The lowest BCUT2D eigenvalue weighted by Gasteiger charge is -2.26. The number of ether oxygens (including phenoxy) is 1. The highest BCUT2D eigenvalue weighted by molar-refractivity contribution is 6.30. The van der Waals surface area contributed by atoms with Crippen LogP contribution in [0.2, 0.25) is 5.02 Å². The van der Waals surface area contributed by atoms with Crippen molar-refractivity contribution in [1.82, 2.24) is 0 Å². The number of benzene rings is 2. The van der Waals surface area contributed by atoms with Crippen molar-refractivity contribution in [3.63, 3.8) is 0 Å². The highest BCUT2D eigenvalue weighted by Gasteiger charge is 2.43. The molecule has 2 aromatic rings. The van der Waals surface area contributed by atoms with E-state index in [4.69, 9.17) is 16.3 Å². The highest BCUT2D eigenvalue weighted by atomic mass is 35.5. The van der Waals surface area contributed by atoms with Crippen molar-refractivity contribution >= 4 is 28.9 Å². The van der Waals surface area contributed by atoms with Crippen LogP contribution in [-0.4, -0.2) is 11.8 Å². The number of allylic oxidation sites excluding steroid dienone is 2. The largest absolute Gasteiger partial charge is 0.430 e. The number of ketones is 1. The molecule has 1 saturated carbocycles. The molecular weight excluding hydrogens is 391 g/mol. The van der Waals surface area contributed by atoms with Crippen LogP contribution in [0.25, 0.3) is 16.7 Å². The fourth-order valence-electron chi connectivity index (χ4n) is 4.55. The number of hydrogen-bond acceptors (Lipinski definition) is 3. The van der Waals surface area contributed by atoms with Gasteiger partial charge in [0.15, 0.2) is 5.78 Å². The van der Waals surface area contributed by atoms with Crippen molar-refractivity contribution in [2.24, 2.45) is 11.8 Å². The lowest BCUT2D eigenvalue weighted by Crippen LogP contribution is -2.24. The van der Waals surface area contributed by atoms with E-state index in [0.29, 0.717) is 33.9 Å². The zero-order valence-electron chi connectivity index (χ0n) is 16.4. The molecule has 2 aromatic carbocycles. The summed E-state index contributed by atoms with van der Waals surface area (Å²) in [5.74, 6) is -0.282. The summed E-state index contributed by atoms with van der Waals surface area (Å²) in [4.78, 5) is 25.0. The van der Waals surface area contributed by atoms with Gasteiger partial charge in [0, 0.05) is 29.3 Å². The minimum Gasteiger partial charge on any atom is -0.430 e. The first kappa shape index (κ1) is 19.8. The third-order valence-electron chi connectivity index (χ3n) is 5.92. The molecule has 0 aromatic heterocycles. The molecule has 0 N–H and O–H groups in total. The second-order valence-corrected chi connectivity index (χ2v) is 8.19. The van der Waals surface area contributed by atoms with Gasteiger partial charge in [0.1, 0.15) is 11.6 Å². The zero-order chi connectivity index (χ0) is 20.7. The molecule has 2 unspecified atom stereocenters. The molecule has 2 aliphatic carbocycles. The second-order valence-electron chi connectivity index (χ2n) is 7.75. The molecule has 1 fully saturated rings.